The lowest BCUT2D eigenvalue weighted by Gasteiger charge is -2.42. The van der Waals surface area contributed by atoms with Gasteiger partial charge in [0.15, 0.2) is 0 Å². The fourth-order valence-electron chi connectivity index (χ4n) is 7.23. The molecule has 3 aliphatic carbocycles. The molecule has 0 atom stereocenters. The number of benzene rings is 5. The van der Waals surface area contributed by atoms with Crippen molar-refractivity contribution in [2.75, 3.05) is 0 Å². The number of hydrogen-bond acceptors (Lipinski definition) is 1. The van der Waals surface area contributed by atoms with Gasteiger partial charge < -0.3 is 4.57 Å². The van der Waals surface area contributed by atoms with Crippen molar-refractivity contribution in [3.05, 3.63) is 167 Å². The van der Waals surface area contributed by atoms with Crippen LogP contribution in [0.25, 0.3) is 38.8 Å². The predicted molar refractivity (Wildman–Crippen MR) is 159 cm³/mol. The summed E-state index contributed by atoms with van der Waals surface area (Å²) in [5, 5.41) is 2.57. The third kappa shape index (κ3) is 2.83. The quantitative estimate of drug-likeness (QED) is 0.234. The molecule has 0 N–H and O–H groups in total. The van der Waals surface area contributed by atoms with Crippen LogP contribution in [-0.4, -0.2) is 9.55 Å². The minimum absolute atomic E-state index is 0.258. The number of fused-ring (bicyclic) bond motifs is 3. The van der Waals surface area contributed by atoms with Gasteiger partial charge in [-0.05, 0) is 81.9 Å². The molecule has 182 valence electrons. The lowest BCUT2D eigenvalue weighted by atomic mass is 9.61. The van der Waals surface area contributed by atoms with Gasteiger partial charge in [0.05, 0.1) is 16.7 Å². The van der Waals surface area contributed by atoms with Crippen molar-refractivity contribution < 1.29 is 0 Å². The average Bonchev–Trinajstić information content (AvgIpc) is 3.33. The van der Waals surface area contributed by atoms with Crippen molar-refractivity contribution in [3.8, 4) is 16.9 Å². The molecular formula is C37H24N2. The lowest BCUT2D eigenvalue weighted by molar-refractivity contribution is 0.756. The molecular weight excluding hydrogens is 472 g/mol. The number of para-hydroxylation sites is 1. The summed E-state index contributed by atoms with van der Waals surface area (Å²) in [6.45, 7) is 0. The molecule has 7 aromatic rings. The molecule has 5 aromatic carbocycles. The van der Waals surface area contributed by atoms with E-state index in [1.165, 1.54) is 60.9 Å². The van der Waals surface area contributed by atoms with E-state index in [9.17, 15) is 0 Å². The maximum atomic E-state index is 4.65. The van der Waals surface area contributed by atoms with Crippen molar-refractivity contribution >= 4 is 21.8 Å². The van der Waals surface area contributed by atoms with Gasteiger partial charge in [-0.2, -0.15) is 0 Å². The van der Waals surface area contributed by atoms with Gasteiger partial charge >= 0.3 is 0 Å². The molecule has 0 saturated carbocycles. The molecule has 2 heterocycles. The topological polar surface area (TPSA) is 17.8 Å². The first-order valence-corrected chi connectivity index (χ1v) is 13.6. The maximum absolute atomic E-state index is 4.65. The van der Waals surface area contributed by atoms with E-state index in [-0.39, 0.29) is 11.8 Å². The van der Waals surface area contributed by atoms with Crippen LogP contribution in [0.3, 0.4) is 0 Å². The van der Waals surface area contributed by atoms with Crippen LogP contribution >= 0.6 is 0 Å². The Morgan fingerprint density at radius 2 is 1.05 bits per heavy atom. The summed E-state index contributed by atoms with van der Waals surface area (Å²) < 4.78 is 2.44. The average molecular weight is 497 g/mol. The predicted octanol–water partition coefficient (Wildman–Crippen LogP) is 8.83. The summed E-state index contributed by atoms with van der Waals surface area (Å²) >= 11 is 0. The molecule has 2 heteroatoms. The van der Waals surface area contributed by atoms with Gasteiger partial charge in [0.25, 0.3) is 0 Å². The van der Waals surface area contributed by atoms with Gasteiger partial charge in [0, 0.05) is 40.1 Å². The van der Waals surface area contributed by atoms with Crippen LogP contribution in [0.4, 0.5) is 0 Å². The molecule has 2 nitrogen and oxygen atoms in total. The second-order valence-corrected chi connectivity index (χ2v) is 10.7. The number of nitrogens with zero attached hydrogens (tertiary/aromatic N) is 2. The SMILES string of the molecule is c1ccc(-n2c3ccc(-c4ccccn4)cc3c3cc4c(cc32)C2c3ccccc3C4c3ccccc32)cc1. The smallest absolute Gasteiger partial charge is 0.0702 e. The highest BCUT2D eigenvalue weighted by Gasteiger charge is 2.41. The molecule has 0 fully saturated rings. The zero-order chi connectivity index (χ0) is 25.5. The van der Waals surface area contributed by atoms with Gasteiger partial charge in [-0.1, -0.05) is 78.9 Å². The molecule has 0 aliphatic heterocycles. The van der Waals surface area contributed by atoms with Crippen molar-refractivity contribution in [2.45, 2.75) is 11.8 Å². The second-order valence-electron chi connectivity index (χ2n) is 10.7. The zero-order valence-corrected chi connectivity index (χ0v) is 21.3. The van der Waals surface area contributed by atoms with Crippen LogP contribution in [0.2, 0.25) is 0 Å². The molecule has 3 aliphatic rings. The summed E-state index contributed by atoms with van der Waals surface area (Å²) in [7, 11) is 0. The number of rotatable bonds is 2. The lowest BCUT2D eigenvalue weighted by Crippen LogP contribution is -2.27. The van der Waals surface area contributed by atoms with Crippen molar-refractivity contribution in [3.63, 3.8) is 0 Å². The monoisotopic (exact) mass is 496 g/mol. The van der Waals surface area contributed by atoms with Crippen LogP contribution < -0.4 is 0 Å². The summed E-state index contributed by atoms with van der Waals surface area (Å²) in [4.78, 5) is 4.65. The highest BCUT2D eigenvalue weighted by atomic mass is 15.0. The summed E-state index contributed by atoms with van der Waals surface area (Å²) in [6, 6.07) is 46.8. The van der Waals surface area contributed by atoms with E-state index in [2.05, 4.69) is 131 Å². The first-order chi connectivity index (χ1) is 19.4. The Balaban J connectivity index is 1.40. The fraction of sp³-hybridized carbons (Fsp3) is 0.0541. The summed E-state index contributed by atoms with van der Waals surface area (Å²) in [6.07, 6.45) is 1.87. The Hall–Kier alpha value is -4.95. The first kappa shape index (κ1) is 21.0. The third-order valence-electron chi connectivity index (χ3n) is 8.80. The Bertz CT molecular complexity index is 2020. The van der Waals surface area contributed by atoms with E-state index in [4.69, 9.17) is 0 Å². The Kier molecular flexibility index (Phi) is 4.20. The van der Waals surface area contributed by atoms with Gasteiger partial charge in [-0.25, -0.2) is 0 Å². The molecule has 10 rings (SSSR count). The minimum atomic E-state index is 0.258. The fourth-order valence-corrected chi connectivity index (χ4v) is 7.23. The third-order valence-corrected chi connectivity index (χ3v) is 8.80. The molecule has 0 unspecified atom stereocenters. The summed E-state index contributed by atoms with van der Waals surface area (Å²) in [5.74, 6) is 0.518. The molecule has 0 saturated heterocycles. The Morgan fingerprint density at radius 3 is 1.69 bits per heavy atom. The highest BCUT2D eigenvalue weighted by molar-refractivity contribution is 6.11. The minimum Gasteiger partial charge on any atom is -0.309 e. The van der Waals surface area contributed by atoms with E-state index in [1.54, 1.807) is 0 Å². The summed E-state index contributed by atoms with van der Waals surface area (Å²) in [5.41, 5.74) is 14.5. The molecule has 0 spiro atoms. The first-order valence-electron chi connectivity index (χ1n) is 13.6. The van der Waals surface area contributed by atoms with Crippen LogP contribution in [0.5, 0.6) is 0 Å². The van der Waals surface area contributed by atoms with Gasteiger partial charge in [-0.15, -0.1) is 0 Å². The van der Waals surface area contributed by atoms with E-state index < -0.39 is 0 Å². The molecule has 2 aromatic heterocycles. The zero-order valence-electron chi connectivity index (χ0n) is 21.3. The van der Waals surface area contributed by atoms with Crippen LogP contribution in [0.1, 0.15) is 45.2 Å². The number of pyridine rings is 1. The number of aromatic nitrogens is 2. The molecule has 0 amide bonds. The van der Waals surface area contributed by atoms with Crippen molar-refractivity contribution in [1.29, 1.82) is 0 Å². The van der Waals surface area contributed by atoms with Crippen molar-refractivity contribution in [2.24, 2.45) is 0 Å². The van der Waals surface area contributed by atoms with Gasteiger partial charge in [-0.3, -0.25) is 4.98 Å². The molecule has 39 heavy (non-hydrogen) atoms. The molecule has 0 radical (unpaired) electrons. The van der Waals surface area contributed by atoms with E-state index in [0.717, 1.165) is 11.3 Å². The van der Waals surface area contributed by atoms with E-state index in [1.807, 2.05) is 12.3 Å². The van der Waals surface area contributed by atoms with Gasteiger partial charge in [0.2, 0.25) is 0 Å². The molecule has 2 bridgehead atoms. The second kappa shape index (κ2) is 7.78. The van der Waals surface area contributed by atoms with Crippen LogP contribution in [0, 0.1) is 0 Å². The standard InChI is InChI=1S/C37H24N2/c1-2-10-24(11-3-1)39-34-18-17-23(33-16-8-9-19-38-33)20-29(34)30-21-31-32(22-35(30)39)37-27-14-6-4-12-25(27)36(31)26-13-5-7-15-28(26)37/h1-22,36-37H. The largest absolute Gasteiger partial charge is 0.309 e. The van der Waals surface area contributed by atoms with Crippen LogP contribution in [-0.2, 0) is 0 Å². The van der Waals surface area contributed by atoms with Crippen LogP contribution in [0.15, 0.2) is 134 Å². The highest BCUT2D eigenvalue weighted by Crippen LogP contribution is 2.56. The van der Waals surface area contributed by atoms with Gasteiger partial charge in [0.1, 0.15) is 0 Å². The van der Waals surface area contributed by atoms with E-state index >= 15 is 0 Å². The van der Waals surface area contributed by atoms with E-state index in [0.29, 0.717) is 0 Å². The van der Waals surface area contributed by atoms with Crippen molar-refractivity contribution in [1.82, 2.24) is 9.55 Å². The Labute approximate surface area is 226 Å². The normalized spacial score (nSPS) is 16.7. The Morgan fingerprint density at radius 1 is 0.462 bits per heavy atom. The maximum Gasteiger partial charge on any atom is 0.0702 e. The number of hydrogen-bond donors (Lipinski definition) is 0.